The van der Waals surface area contributed by atoms with Crippen LogP contribution in [0.3, 0.4) is 0 Å². The number of hydrogen-bond donors (Lipinski definition) is 2. The van der Waals surface area contributed by atoms with E-state index in [4.69, 9.17) is 0 Å². The van der Waals surface area contributed by atoms with Crippen molar-refractivity contribution >= 4 is 22.5 Å². The van der Waals surface area contributed by atoms with Crippen LogP contribution < -0.4 is 10.6 Å². The van der Waals surface area contributed by atoms with Crippen molar-refractivity contribution in [3.63, 3.8) is 0 Å². The second-order valence-electron chi connectivity index (χ2n) is 5.70. The fourth-order valence-electron chi connectivity index (χ4n) is 2.49. The van der Waals surface area contributed by atoms with Gasteiger partial charge in [0.1, 0.15) is 0 Å². The summed E-state index contributed by atoms with van der Waals surface area (Å²) in [6, 6.07) is -0.517. The molecule has 1 aliphatic heterocycles. The van der Waals surface area contributed by atoms with E-state index in [2.05, 4.69) is 25.7 Å². The smallest absolute Gasteiger partial charge is 0.334 e. The summed E-state index contributed by atoms with van der Waals surface area (Å²) < 4.78 is 37.2. The third-order valence-electron chi connectivity index (χ3n) is 3.71. The first-order chi connectivity index (χ1) is 10.4. The molecular weight excluding hydrogens is 319 g/mol. The molecule has 1 aromatic heterocycles. The van der Waals surface area contributed by atoms with Crippen LogP contribution in [0, 0.1) is 5.92 Å². The molecule has 0 radical (unpaired) electrons. The van der Waals surface area contributed by atoms with E-state index in [1.807, 2.05) is 0 Å². The Morgan fingerprint density at radius 3 is 2.73 bits per heavy atom. The van der Waals surface area contributed by atoms with E-state index >= 15 is 0 Å². The van der Waals surface area contributed by atoms with E-state index in [1.165, 1.54) is 12.8 Å². The molecule has 122 valence electrons. The van der Waals surface area contributed by atoms with Gasteiger partial charge in [-0.05, 0) is 25.2 Å². The first-order valence-electron chi connectivity index (χ1n) is 7.11. The maximum absolute atomic E-state index is 12.4. The van der Waals surface area contributed by atoms with Crippen molar-refractivity contribution in [3.05, 3.63) is 5.01 Å². The van der Waals surface area contributed by atoms with Crippen molar-refractivity contribution in [1.29, 1.82) is 0 Å². The SMILES string of the molecule is O=C(Nc1nnc(C(F)(F)F)s1)NC1CCN(CC2CC2)C1. The Kier molecular flexibility index (Phi) is 4.22. The second-order valence-corrected chi connectivity index (χ2v) is 6.67. The van der Waals surface area contributed by atoms with Gasteiger partial charge in [0.2, 0.25) is 10.1 Å². The number of likely N-dealkylation sites (tertiary alicyclic amines) is 1. The predicted molar refractivity (Wildman–Crippen MR) is 74.6 cm³/mol. The summed E-state index contributed by atoms with van der Waals surface area (Å²) in [6.07, 6.45) is -1.12. The normalized spacial score (nSPS) is 22.8. The van der Waals surface area contributed by atoms with Crippen LogP contribution in [0.2, 0.25) is 0 Å². The van der Waals surface area contributed by atoms with Crippen molar-refractivity contribution in [2.75, 3.05) is 25.0 Å². The van der Waals surface area contributed by atoms with Crippen molar-refractivity contribution in [3.8, 4) is 0 Å². The van der Waals surface area contributed by atoms with E-state index in [1.54, 1.807) is 0 Å². The van der Waals surface area contributed by atoms with Gasteiger partial charge in [-0.25, -0.2) is 4.79 Å². The van der Waals surface area contributed by atoms with Gasteiger partial charge >= 0.3 is 12.2 Å². The van der Waals surface area contributed by atoms with Crippen molar-refractivity contribution in [2.24, 2.45) is 5.92 Å². The molecule has 2 aliphatic rings. The first kappa shape index (κ1) is 15.5. The molecule has 0 bridgehead atoms. The van der Waals surface area contributed by atoms with Crippen LogP contribution in [0.15, 0.2) is 0 Å². The lowest BCUT2D eigenvalue weighted by atomic mass is 10.3. The van der Waals surface area contributed by atoms with Gasteiger partial charge in [0.15, 0.2) is 0 Å². The van der Waals surface area contributed by atoms with Crippen LogP contribution in [0.4, 0.5) is 23.1 Å². The molecule has 2 N–H and O–H groups in total. The fraction of sp³-hybridized carbons (Fsp3) is 0.750. The van der Waals surface area contributed by atoms with E-state index in [-0.39, 0.29) is 11.2 Å². The zero-order valence-corrected chi connectivity index (χ0v) is 12.5. The number of alkyl halides is 3. The molecule has 2 heterocycles. The number of nitrogens with zero attached hydrogens (tertiary/aromatic N) is 3. The number of halogens is 3. The van der Waals surface area contributed by atoms with Gasteiger partial charge in [0, 0.05) is 25.7 Å². The molecular formula is C12H16F3N5OS. The number of aromatic nitrogens is 2. The predicted octanol–water partition coefficient (Wildman–Crippen LogP) is 2.16. The zero-order chi connectivity index (χ0) is 15.7. The third kappa shape index (κ3) is 4.07. The molecule has 1 unspecified atom stereocenters. The van der Waals surface area contributed by atoms with Gasteiger partial charge in [0.25, 0.3) is 0 Å². The quantitative estimate of drug-likeness (QED) is 0.885. The highest BCUT2D eigenvalue weighted by molar-refractivity contribution is 7.15. The van der Waals surface area contributed by atoms with Crippen LogP contribution in [0.1, 0.15) is 24.3 Å². The highest BCUT2D eigenvalue weighted by Gasteiger charge is 2.36. The average Bonchev–Trinajstić information content (AvgIpc) is 2.91. The fourth-order valence-corrected chi connectivity index (χ4v) is 3.09. The number of nitrogens with one attached hydrogen (secondary N) is 2. The molecule has 1 saturated carbocycles. The highest BCUT2D eigenvalue weighted by atomic mass is 32.1. The average molecular weight is 335 g/mol. The number of hydrogen-bond acceptors (Lipinski definition) is 5. The Hall–Kier alpha value is -1.42. The topological polar surface area (TPSA) is 70.1 Å². The second kappa shape index (κ2) is 5.99. The summed E-state index contributed by atoms with van der Waals surface area (Å²) >= 11 is 0.314. The summed E-state index contributed by atoms with van der Waals surface area (Å²) in [5.74, 6) is 0.801. The van der Waals surface area contributed by atoms with Crippen molar-refractivity contribution in [2.45, 2.75) is 31.5 Å². The van der Waals surface area contributed by atoms with Gasteiger partial charge in [-0.1, -0.05) is 11.3 Å². The van der Waals surface area contributed by atoms with Crippen molar-refractivity contribution in [1.82, 2.24) is 20.4 Å². The van der Waals surface area contributed by atoms with Crippen LogP contribution in [0.5, 0.6) is 0 Å². The Labute approximate surface area is 129 Å². The summed E-state index contributed by atoms with van der Waals surface area (Å²) in [5, 5.41) is 10.2. The van der Waals surface area contributed by atoms with E-state index in [0.29, 0.717) is 11.3 Å². The molecule has 1 aromatic rings. The van der Waals surface area contributed by atoms with E-state index in [9.17, 15) is 18.0 Å². The molecule has 6 nitrogen and oxygen atoms in total. The molecule has 0 aromatic carbocycles. The largest absolute Gasteiger partial charge is 0.445 e. The van der Waals surface area contributed by atoms with Gasteiger partial charge in [-0.15, -0.1) is 10.2 Å². The molecule has 2 fully saturated rings. The number of amides is 2. The summed E-state index contributed by atoms with van der Waals surface area (Å²) in [4.78, 5) is 14.1. The minimum Gasteiger partial charge on any atom is -0.334 e. The van der Waals surface area contributed by atoms with Crippen LogP contribution in [0.25, 0.3) is 0 Å². The summed E-state index contributed by atoms with van der Waals surface area (Å²) in [7, 11) is 0. The van der Waals surface area contributed by atoms with Gasteiger partial charge < -0.3 is 10.2 Å². The van der Waals surface area contributed by atoms with Crippen molar-refractivity contribution < 1.29 is 18.0 Å². The maximum Gasteiger partial charge on any atom is 0.445 e. The minimum atomic E-state index is -4.54. The number of urea groups is 1. The lowest BCUT2D eigenvalue weighted by Crippen LogP contribution is -2.39. The molecule has 10 heteroatoms. The lowest BCUT2D eigenvalue weighted by molar-refractivity contribution is -0.138. The molecule has 3 rings (SSSR count). The number of rotatable bonds is 4. The standard InChI is InChI=1S/C12H16F3N5OS/c13-12(14,15)9-18-19-11(22-9)17-10(21)16-8-3-4-20(6-8)5-7-1-2-7/h7-8H,1-6H2,(H2,16,17,19,21). The molecule has 2 amide bonds. The molecule has 0 spiro atoms. The van der Waals surface area contributed by atoms with Crippen LogP contribution >= 0.6 is 11.3 Å². The first-order valence-corrected chi connectivity index (χ1v) is 7.92. The summed E-state index contributed by atoms with van der Waals surface area (Å²) in [6.45, 7) is 2.80. The number of anilines is 1. The maximum atomic E-state index is 12.4. The monoisotopic (exact) mass is 335 g/mol. The minimum absolute atomic E-state index is 0.0220. The summed E-state index contributed by atoms with van der Waals surface area (Å²) in [5.41, 5.74) is 0. The molecule has 1 aliphatic carbocycles. The lowest BCUT2D eigenvalue weighted by Gasteiger charge is -2.16. The Morgan fingerprint density at radius 1 is 1.32 bits per heavy atom. The Bertz CT molecular complexity index is 545. The number of carbonyl (C=O) groups excluding carboxylic acids is 1. The van der Waals surface area contributed by atoms with Crippen LogP contribution in [-0.2, 0) is 6.18 Å². The zero-order valence-electron chi connectivity index (χ0n) is 11.7. The van der Waals surface area contributed by atoms with E-state index in [0.717, 1.165) is 32.0 Å². The molecule has 1 saturated heterocycles. The Balaban J connectivity index is 1.45. The third-order valence-corrected chi connectivity index (χ3v) is 4.59. The Morgan fingerprint density at radius 2 is 2.09 bits per heavy atom. The molecule has 22 heavy (non-hydrogen) atoms. The van der Waals surface area contributed by atoms with Gasteiger partial charge in [-0.2, -0.15) is 13.2 Å². The highest BCUT2D eigenvalue weighted by Crippen LogP contribution is 2.33. The van der Waals surface area contributed by atoms with Gasteiger partial charge in [-0.3, -0.25) is 5.32 Å². The number of carbonyl (C=O) groups is 1. The van der Waals surface area contributed by atoms with Gasteiger partial charge in [0.05, 0.1) is 0 Å². The van der Waals surface area contributed by atoms with E-state index < -0.39 is 17.2 Å². The molecule has 1 atom stereocenters. The van der Waals surface area contributed by atoms with Crippen LogP contribution in [-0.4, -0.2) is 46.8 Å².